The summed E-state index contributed by atoms with van der Waals surface area (Å²) in [6.45, 7) is 1.90. The Labute approximate surface area is 140 Å². The Balaban J connectivity index is 1.81. The second kappa shape index (κ2) is 5.41. The number of sulfone groups is 1. The number of nitrogens with zero attached hydrogens (tertiary/aromatic N) is 3. The van der Waals surface area contributed by atoms with E-state index in [0.29, 0.717) is 18.7 Å². The van der Waals surface area contributed by atoms with Gasteiger partial charge >= 0.3 is 0 Å². The van der Waals surface area contributed by atoms with Crippen molar-refractivity contribution in [3.8, 4) is 0 Å². The first-order chi connectivity index (χ1) is 11.4. The maximum Gasteiger partial charge on any atom is 0.226 e. The van der Waals surface area contributed by atoms with Gasteiger partial charge < -0.3 is 5.32 Å². The second-order valence-electron chi connectivity index (χ2n) is 6.44. The first kappa shape index (κ1) is 15.3. The van der Waals surface area contributed by atoms with Gasteiger partial charge in [-0.2, -0.15) is 5.10 Å². The molecule has 24 heavy (non-hydrogen) atoms. The van der Waals surface area contributed by atoms with E-state index in [1.807, 2.05) is 19.1 Å². The van der Waals surface area contributed by atoms with Crippen LogP contribution >= 0.6 is 0 Å². The lowest BCUT2D eigenvalue weighted by Crippen LogP contribution is -2.26. The largest absolute Gasteiger partial charge is 0.311 e. The zero-order chi connectivity index (χ0) is 16.9. The monoisotopic (exact) mass is 346 g/mol. The Kier molecular flexibility index (Phi) is 3.45. The summed E-state index contributed by atoms with van der Waals surface area (Å²) in [6.07, 6.45) is 4.34. The Morgan fingerprint density at radius 1 is 1.38 bits per heavy atom. The molecule has 2 aliphatic rings. The molecule has 0 radical (unpaired) electrons. The van der Waals surface area contributed by atoms with Crippen molar-refractivity contribution < 1.29 is 13.2 Å². The number of hydrogen-bond donors (Lipinski definition) is 1. The number of carbonyl (C=O) groups excluding carboxylic acids is 1. The molecular formula is C16H18N4O3S. The van der Waals surface area contributed by atoms with Crippen LogP contribution in [0, 0.1) is 6.92 Å². The molecule has 2 aliphatic heterocycles. The Morgan fingerprint density at radius 2 is 2.21 bits per heavy atom. The van der Waals surface area contributed by atoms with Crippen LogP contribution in [0.4, 0.5) is 5.82 Å². The molecule has 7 nitrogen and oxygen atoms in total. The Morgan fingerprint density at radius 3 is 2.88 bits per heavy atom. The lowest BCUT2D eigenvalue weighted by molar-refractivity contribution is -0.116. The lowest BCUT2D eigenvalue weighted by atomic mass is 9.86. The van der Waals surface area contributed by atoms with Crippen molar-refractivity contribution in [3.05, 3.63) is 41.3 Å². The third kappa shape index (κ3) is 2.50. The molecule has 0 bridgehead atoms. The maximum atomic E-state index is 12.2. The molecular weight excluding hydrogens is 328 g/mol. The minimum Gasteiger partial charge on any atom is -0.311 e. The molecule has 4 heterocycles. The molecule has 0 spiro atoms. The van der Waals surface area contributed by atoms with Crippen molar-refractivity contribution in [1.29, 1.82) is 0 Å². The number of nitrogens with one attached hydrogen (secondary N) is 1. The van der Waals surface area contributed by atoms with Crippen molar-refractivity contribution in [2.75, 3.05) is 16.8 Å². The van der Waals surface area contributed by atoms with E-state index in [-0.39, 0.29) is 29.4 Å². The van der Waals surface area contributed by atoms with Gasteiger partial charge in [0.2, 0.25) is 5.91 Å². The number of pyridine rings is 1. The standard InChI is InChI=1S/C16H18N4O3S/c1-10-15-13(11-3-2-5-17-8-11)7-14(21)18-16(15)20(19-10)12-4-6-24(22,23)9-12/h2-3,5,8,12-13H,4,6-7,9H2,1H3,(H,18,21)/t12-,13+/m0/s1. The van der Waals surface area contributed by atoms with Crippen molar-refractivity contribution in [1.82, 2.24) is 14.8 Å². The third-order valence-corrected chi connectivity index (χ3v) is 6.52. The summed E-state index contributed by atoms with van der Waals surface area (Å²) >= 11 is 0. The molecule has 1 saturated heterocycles. The Hall–Kier alpha value is -2.22. The van der Waals surface area contributed by atoms with Gasteiger partial charge in [0.15, 0.2) is 9.84 Å². The number of rotatable bonds is 2. The van der Waals surface area contributed by atoms with E-state index in [9.17, 15) is 13.2 Å². The van der Waals surface area contributed by atoms with Gasteiger partial charge in [-0.05, 0) is 25.0 Å². The number of fused-ring (bicyclic) bond motifs is 1. The van der Waals surface area contributed by atoms with Gasteiger partial charge in [-0.1, -0.05) is 6.07 Å². The molecule has 1 fully saturated rings. The number of aryl methyl sites for hydroxylation is 1. The molecule has 0 saturated carbocycles. The van der Waals surface area contributed by atoms with E-state index in [1.54, 1.807) is 17.1 Å². The average molecular weight is 346 g/mol. The van der Waals surface area contributed by atoms with Gasteiger partial charge in [0, 0.05) is 30.3 Å². The van der Waals surface area contributed by atoms with E-state index >= 15 is 0 Å². The van der Waals surface area contributed by atoms with Gasteiger partial charge in [0.25, 0.3) is 0 Å². The van der Waals surface area contributed by atoms with Gasteiger partial charge in [-0.15, -0.1) is 0 Å². The highest BCUT2D eigenvalue weighted by Crippen LogP contribution is 2.41. The molecule has 126 valence electrons. The number of carbonyl (C=O) groups is 1. The number of anilines is 1. The molecule has 8 heteroatoms. The zero-order valence-corrected chi connectivity index (χ0v) is 14.1. The van der Waals surface area contributed by atoms with Crippen LogP contribution in [0.15, 0.2) is 24.5 Å². The smallest absolute Gasteiger partial charge is 0.226 e. The minimum absolute atomic E-state index is 0.0774. The average Bonchev–Trinajstić information content (AvgIpc) is 3.07. The van der Waals surface area contributed by atoms with E-state index < -0.39 is 9.84 Å². The summed E-state index contributed by atoms with van der Waals surface area (Å²) < 4.78 is 25.3. The minimum atomic E-state index is -3.02. The van der Waals surface area contributed by atoms with Crippen LogP contribution in [0.2, 0.25) is 0 Å². The highest BCUT2D eigenvalue weighted by atomic mass is 32.2. The zero-order valence-electron chi connectivity index (χ0n) is 13.3. The maximum absolute atomic E-state index is 12.2. The quantitative estimate of drug-likeness (QED) is 0.887. The SMILES string of the molecule is Cc1nn([C@H]2CCS(=O)(=O)C2)c2c1[C@@H](c1cccnc1)CC(=O)N2. The summed E-state index contributed by atoms with van der Waals surface area (Å²) in [6, 6.07) is 3.59. The third-order valence-electron chi connectivity index (χ3n) is 4.77. The second-order valence-corrected chi connectivity index (χ2v) is 8.67. The van der Waals surface area contributed by atoms with E-state index in [1.165, 1.54) is 0 Å². The normalized spacial score (nSPS) is 25.3. The first-order valence-corrected chi connectivity index (χ1v) is 9.76. The van der Waals surface area contributed by atoms with Crippen molar-refractivity contribution in [2.24, 2.45) is 0 Å². The predicted octanol–water partition coefficient (Wildman–Crippen LogP) is 1.42. The summed E-state index contributed by atoms with van der Waals surface area (Å²) in [7, 11) is -3.02. The van der Waals surface area contributed by atoms with Crippen LogP contribution in [-0.4, -0.2) is 40.6 Å². The van der Waals surface area contributed by atoms with Crippen LogP contribution in [0.1, 0.15) is 41.6 Å². The van der Waals surface area contributed by atoms with E-state index in [4.69, 9.17) is 0 Å². The molecule has 0 aromatic carbocycles. The van der Waals surface area contributed by atoms with Crippen LogP contribution in [-0.2, 0) is 14.6 Å². The molecule has 2 atom stereocenters. The number of aromatic nitrogens is 3. The van der Waals surface area contributed by atoms with E-state index in [2.05, 4.69) is 15.4 Å². The van der Waals surface area contributed by atoms with Crippen LogP contribution in [0.25, 0.3) is 0 Å². The predicted molar refractivity (Wildman–Crippen MR) is 88.6 cm³/mol. The molecule has 2 aromatic heterocycles. The summed E-state index contributed by atoms with van der Waals surface area (Å²) in [5.41, 5.74) is 2.75. The molecule has 0 unspecified atom stereocenters. The fourth-order valence-electron chi connectivity index (χ4n) is 3.67. The van der Waals surface area contributed by atoms with Crippen molar-refractivity contribution >= 4 is 21.6 Å². The molecule has 1 N–H and O–H groups in total. The van der Waals surface area contributed by atoms with E-state index in [0.717, 1.165) is 16.8 Å². The molecule has 4 rings (SSSR count). The van der Waals surface area contributed by atoms with Crippen LogP contribution in [0.5, 0.6) is 0 Å². The Bertz CT molecular complexity index is 905. The molecule has 2 aromatic rings. The number of hydrogen-bond acceptors (Lipinski definition) is 5. The highest BCUT2D eigenvalue weighted by Gasteiger charge is 2.37. The molecule has 0 aliphatic carbocycles. The van der Waals surface area contributed by atoms with Gasteiger partial charge in [-0.3, -0.25) is 9.78 Å². The number of amides is 1. The summed E-state index contributed by atoms with van der Waals surface area (Å²) in [4.78, 5) is 16.4. The van der Waals surface area contributed by atoms with Crippen molar-refractivity contribution in [2.45, 2.75) is 31.7 Å². The van der Waals surface area contributed by atoms with Crippen LogP contribution in [0.3, 0.4) is 0 Å². The topological polar surface area (TPSA) is 93.9 Å². The summed E-state index contributed by atoms with van der Waals surface area (Å²) in [5.74, 6) is 0.700. The van der Waals surface area contributed by atoms with Crippen molar-refractivity contribution in [3.63, 3.8) is 0 Å². The van der Waals surface area contributed by atoms with Crippen LogP contribution < -0.4 is 5.32 Å². The fraction of sp³-hybridized carbons (Fsp3) is 0.438. The first-order valence-electron chi connectivity index (χ1n) is 7.94. The summed E-state index contributed by atoms with van der Waals surface area (Å²) in [5, 5.41) is 7.47. The van der Waals surface area contributed by atoms with Gasteiger partial charge in [-0.25, -0.2) is 13.1 Å². The molecule has 1 amide bonds. The fourth-order valence-corrected chi connectivity index (χ4v) is 5.36. The van der Waals surface area contributed by atoms with Gasteiger partial charge in [0.05, 0.1) is 23.2 Å². The lowest BCUT2D eigenvalue weighted by Gasteiger charge is -2.25. The van der Waals surface area contributed by atoms with Gasteiger partial charge in [0.1, 0.15) is 5.82 Å². The highest BCUT2D eigenvalue weighted by molar-refractivity contribution is 7.91.